The SMILES string of the molecule is CC1CC2(C)CSC1(C)CC2=O. The molecule has 1 nitrogen and oxygen atoms in total. The molecule has 3 fully saturated rings. The van der Waals surface area contributed by atoms with Crippen molar-refractivity contribution in [2.75, 3.05) is 5.75 Å². The van der Waals surface area contributed by atoms with E-state index in [4.69, 9.17) is 0 Å². The van der Waals surface area contributed by atoms with Crippen LogP contribution in [0.1, 0.15) is 33.6 Å². The molecule has 1 aliphatic carbocycles. The van der Waals surface area contributed by atoms with E-state index >= 15 is 0 Å². The van der Waals surface area contributed by atoms with Crippen molar-refractivity contribution in [3.05, 3.63) is 0 Å². The van der Waals surface area contributed by atoms with Crippen LogP contribution in [-0.4, -0.2) is 16.3 Å². The zero-order valence-corrected chi connectivity index (χ0v) is 8.83. The highest BCUT2D eigenvalue weighted by atomic mass is 32.2. The summed E-state index contributed by atoms with van der Waals surface area (Å²) in [5, 5.41) is 0. The summed E-state index contributed by atoms with van der Waals surface area (Å²) < 4.78 is 0.259. The van der Waals surface area contributed by atoms with Crippen molar-refractivity contribution < 1.29 is 4.79 Å². The molecule has 0 radical (unpaired) electrons. The van der Waals surface area contributed by atoms with E-state index in [1.165, 1.54) is 0 Å². The molecule has 2 heteroatoms. The standard InChI is InChI=1S/C10H16OS/c1-7-4-9(2)6-12-10(7,3)5-8(9)11/h7H,4-6H2,1-3H3. The summed E-state index contributed by atoms with van der Waals surface area (Å²) in [5.74, 6) is 2.26. The number of carbonyl (C=O) groups is 1. The molecule has 1 saturated carbocycles. The van der Waals surface area contributed by atoms with E-state index in [1.54, 1.807) is 0 Å². The van der Waals surface area contributed by atoms with Crippen LogP contribution in [0.4, 0.5) is 0 Å². The minimum Gasteiger partial charge on any atom is -0.299 e. The second kappa shape index (κ2) is 2.28. The third-order valence-electron chi connectivity index (χ3n) is 3.70. The Labute approximate surface area is 78.3 Å². The highest BCUT2D eigenvalue weighted by molar-refractivity contribution is 8.00. The lowest BCUT2D eigenvalue weighted by molar-refractivity contribution is -0.132. The van der Waals surface area contributed by atoms with Gasteiger partial charge in [0.2, 0.25) is 0 Å². The average molecular weight is 184 g/mol. The predicted octanol–water partition coefficient (Wildman–Crippen LogP) is 2.50. The van der Waals surface area contributed by atoms with Gasteiger partial charge in [0.1, 0.15) is 5.78 Å². The number of rotatable bonds is 0. The van der Waals surface area contributed by atoms with Gasteiger partial charge >= 0.3 is 0 Å². The van der Waals surface area contributed by atoms with Gasteiger partial charge in [-0.05, 0) is 19.3 Å². The van der Waals surface area contributed by atoms with Crippen molar-refractivity contribution in [1.29, 1.82) is 0 Å². The summed E-state index contributed by atoms with van der Waals surface area (Å²) in [7, 11) is 0. The van der Waals surface area contributed by atoms with Crippen molar-refractivity contribution in [3.63, 3.8) is 0 Å². The van der Waals surface area contributed by atoms with Crippen LogP contribution in [0, 0.1) is 11.3 Å². The van der Waals surface area contributed by atoms with Gasteiger partial charge in [-0.25, -0.2) is 0 Å². The normalized spacial score (nSPS) is 52.9. The predicted molar refractivity (Wildman–Crippen MR) is 52.4 cm³/mol. The van der Waals surface area contributed by atoms with E-state index in [0.717, 1.165) is 18.6 Å². The zero-order chi connectivity index (χ0) is 8.98. The van der Waals surface area contributed by atoms with Crippen LogP contribution < -0.4 is 0 Å². The molecular formula is C10H16OS. The summed E-state index contributed by atoms with van der Waals surface area (Å²) in [6, 6.07) is 0. The molecule has 2 heterocycles. The topological polar surface area (TPSA) is 17.1 Å². The van der Waals surface area contributed by atoms with Crippen molar-refractivity contribution in [3.8, 4) is 0 Å². The molecule has 3 rings (SSSR count). The molecule has 3 unspecified atom stereocenters. The van der Waals surface area contributed by atoms with Gasteiger partial charge in [-0.1, -0.05) is 13.8 Å². The molecule has 0 N–H and O–H groups in total. The Morgan fingerprint density at radius 2 is 2.17 bits per heavy atom. The lowest BCUT2D eigenvalue weighted by atomic mass is 9.66. The Morgan fingerprint density at radius 3 is 2.58 bits per heavy atom. The fourth-order valence-corrected chi connectivity index (χ4v) is 3.90. The molecule has 3 aliphatic rings. The number of fused-ring (bicyclic) bond motifs is 3. The van der Waals surface area contributed by atoms with Crippen molar-refractivity contribution in [2.24, 2.45) is 11.3 Å². The number of Topliss-reactive ketones (excluding diaryl/α,β-unsaturated/α-hetero) is 1. The molecular weight excluding hydrogens is 168 g/mol. The van der Waals surface area contributed by atoms with Gasteiger partial charge in [-0.2, -0.15) is 11.8 Å². The van der Waals surface area contributed by atoms with Crippen LogP contribution in [0.3, 0.4) is 0 Å². The van der Waals surface area contributed by atoms with Gasteiger partial charge in [-0.3, -0.25) is 4.79 Å². The maximum absolute atomic E-state index is 11.7. The van der Waals surface area contributed by atoms with E-state index in [1.807, 2.05) is 11.8 Å². The minimum absolute atomic E-state index is 0.0157. The maximum Gasteiger partial charge on any atom is 0.140 e. The molecule has 0 aromatic heterocycles. The first-order valence-corrected chi connectivity index (χ1v) is 5.62. The molecule has 68 valence electrons. The number of carbonyl (C=O) groups excluding carboxylic acids is 1. The summed E-state index contributed by atoms with van der Waals surface area (Å²) in [4.78, 5) is 11.7. The van der Waals surface area contributed by atoms with Crippen molar-refractivity contribution >= 4 is 17.5 Å². The fraction of sp³-hybridized carbons (Fsp3) is 0.900. The third kappa shape index (κ3) is 0.968. The van der Waals surface area contributed by atoms with Crippen LogP contribution in [-0.2, 0) is 4.79 Å². The van der Waals surface area contributed by atoms with Crippen molar-refractivity contribution in [1.82, 2.24) is 0 Å². The number of thioether (sulfide) groups is 1. The Kier molecular flexibility index (Phi) is 1.64. The second-order valence-electron chi connectivity index (χ2n) is 4.87. The molecule has 0 aromatic carbocycles. The highest BCUT2D eigenvalue weighted by Gasteiger charge is 2.53. The summed E-state index contributed by atoms with van der Waals surface area (Å²) >= 11 is 2.01. The number of hydrogen-bond acceptors (Lipinski definition) is 2. The molecule has 2 bridgehead atoms. The molecule has 2 saturated heterocycles. The smallest absolute Gasteiger partial charge is 0.140 e. The monoisotopic (exact) mass is 184 g/mol. The average Bonchev–Trinajstić information content (AvgIpc) is 1.96. The van der Waals surface area contributed by atoms with Gasteiger partial charge < -0.3 is 0 Å². The van der Waals surface area contributed by atoms with E-state index < -0.39 is 0 Å². The van der Waals surface area contributed by atoms with Gasteiger partial charge in [0, 0.05) is 22.3 Å². The van der Waals surface area contributed by atoms with E-state index in [2.05, 4.69) is 20.8 Å². The molecule has 0 amide bonds. The minimum atomic E-state index is 0.0157. The summed E-state index contributed by atoms with van der Waals surface area (Å²) in [6.45, 7) is 6.67. The quantitative estimate of drug-likeness (QED) is 0.575. The molecule has 12 heavy (non-hydrogen) atoms. The lowest BCUT2D eigenvalue weighted by Gasteiger charge is -2.52. The number of hydrogen-bond donors (Lipinski definition) is 0. The second-order valence-corrected chi connectivity index (χ2v) is 6.38. The Hall–Kier alpha value is 0.0200. The van der Waals surface area contributed by atoms with Crippen LogP contribution >= 0.6 is 11.8 Å². The van der Waals surface area contributed by atoms with Crippen LogP contribution in [0.5, 0.6) is 0 Å². The largest absolute Gasteiger partial charge is 0.299 e. The maximum atomic E-state index is 11.7. The van der Waals surface area contributed by atoms with Gasteiger partial charge in [0.15, 0.2) is 0 Å². The summed E-state index contributed by atoms with van der Waals surface area (Å²) in [6.07, 6.45) is 1.91. The van der Waals surface area contributed by atoms with Gasteiger partial charge in [-0.15, -0.1) is 0 Å². The van der Waals surface area contributed by atoms with Crippen LogP contribution in [0.15, 0.2) is 0 Å². The molecule has 3 atom stereocenters. The first kappa shape index (κ1) is 8.61. The van der Waals surface area contributed by atoms with E-state index in [9.17, 15) is 4.79 Å². The van der Waals surface area contributed by atoms with Gasteiger partial charge in [0.05, 0.1) is 0 Å². The van der Waals surface area contributed by atoms with Crippen LogP contribution in [0.2, 0.25) is 0 Å². The number of ketones is 1. The Bertz CT molecular complexity index is 238. The lowest BCUT2D eigenvalue weighted by Crippen LogP contribution is -2.53. The Balaban J connectivity index is 2.33. The first-order valence-electron chi connectivity index (χ1n) is 4.64. The molecule has 0 spiro atoms. The van der Waals surface area contributed by atoms with Gasteiger partial charge in [0.25, 0.3) is 0 Å². The molecule has 0 aromatic rings. The fourth-order valence-electron chi connectivity index (χ4n) is 2.37. The molecule has 2 aliphatic heterocycles. The van der Waals surface area contributed by atoms with E-state index in [0.29, 0.717) is 11.7 Å². The summed E-state index contributed by atoms with van der Waals surface area (Å²) in [5.41, 5.74) is 0.0157. The van der Waals surface area contributed by atoms with E-state index in [-0.39, 0.29) is 10.2 Å². The zero-order valence-electron chi connectivity index (χ0n) is 8.02. The third-order valence-corrected chi connectivity index (χ3v) is 5.69. The van der Waals surface area contributed by atoms with Crippen LogP contribution in [0.25, 0.3) is 0 Å². The van der Waals surface area contributed by atoms with Crippen molar-refractivity contribution in [2.45, 2.75) is 38.4 Å². The highest BCUT2D eigenvalue weighted by Crippen LogP contribution is 2.56. The first-order chi connectivity index (χ1) is 5.46. The Morgan fingerprint density at radius 1 is 1.50 bits per heavy atom.